The van der Waals surface area contributed by atoms with Gasteiger partial charge in [-0.05, 0) is 66.0 Å². The molecule has 5 aromatic rings. The molecule has 274 valence electrons. The van der Waals surface area contributed by atoms with E-state index < -0.39 is 29.2 Å². The highest BCUT2D eigenvalue weighted by molar-refractivity contribution is 5.92. The standard InChI is InChI=1S/C44H42N4O6/c1-24(2)36-41-48-37(40-45-23-34(52-40)29-16-15-26-10-4-5-11-28(26)29)38(54-41)44-30-12-6-7-13-32(30)46-42(44)53-33-17-14-25(21-31(33)44)20-27(39(50)47-36)22-35(49)43(51)18-8-3-9-19-43/h4-7,10-14,16-17,21,23-24,27,36,42,46,51H,3,8-9,15,18-20,22H2,1-2H3,(H,47,50)/t27?,36-,42-,44?/m0/s1. The van der Waals surface area contributed by atoms with Gasteiger partial charge in [0.1, 0.15) is 22.8 Å². The summed E-state index contributed by atoms with van der Waals surface area (Å²) >= 11 is 0. The van der Waals surface area contributed by atoms with E-state index >= 15 is 0 Å². The summed E-state index contributed by atoms with van der Waals surface area (Å²) in [6.07, 6.45) is 7.81. The molecule has 1 spiro atoms. The molecule has 4 bridgehead atoms. The van der Waals surface area contributed by atoms with Gasteiger partial charge in [-0.15, -0.1) is 0 Å². The lowest BCUT2D eigenvalue weighted by atomic mass is 9.72. The minimum absolute atomic E-state index is 0.0704. The maximum Gasteiger partial charge on any atom is 0.249 e. The Morgan fingerprint density at radius 3 is 2.65 bits per heavy atom. The Labute approximate surface area is 313 Å². The molecule has 5 heterocycles. The first-order valence-corrected chi connectivity index (χ1v) is 19.2. The highest BCUT2D eigenvalue weighted by Crippen LogP contribution is 2.59. The molecule has 3 aromatic carbocycles. The zero-order valence-corrected chi connectivity index (χ0v) is 30.4. The van der Waals surface area contributed by atoms with E-state index in [9.17, 15) is 14.7 Å². The number of aliphatic hydroxyl groups is 1. The predicted molar refractivity (Wildman–Crippen MR) is 201 cm³/mol. The van der Waals surface area contributed by atoms with Crippen LogP contribution in [0.1, 0.15) is 104 Å². The first kappa shape index (κ1) is 33.1. The molecule has 54 heavy (non-hydrogen) atoms. The largest absolute Gasteiger partial charge is 0.469 e. The Morgan fingerprint density at radius 2 is 1.80 bits per heavy atom. The number of Topliss-reactive ketones (excluding diaryl/α,β-unsaturated/α-hetero) is 1. The SMILES string of the molecule is CC(C)[C@@H]1NC(=O)C(CC(=O)C2(O)CCCCC2)Cc2ccc3c(c2)C2(c4ccccc4N[C@H]2O3)c2oc1nc2-c1ncc(C2=CCc3ccccc32)o1. The molecule has 1 fully saturated rings. The zero-order chi connectivity index (χ0) is 36.8. The molecule has 1 amide bonds. The van der Waals surface area contributed by atoms with Gasteiger partial charge in [0.05, 0.1) is 6.20 Å². The Kier molecular flexibility index (Phi) is 7.53. The van der Waals surface area contributed by atoms with Crippen LogP contribution in [0, 0.1) is 11.8 Å². The summed E-state index contributed by atoms with van der Waals surface area (Å²) in [5.41, 5.74) is 4.97. The van der Waals surface area contributed by atoms with Crippen molar-refractivity contribution in [2.75, 3.05) is 5.32 Å². The number of allylic oxidation sites excluding steroid dienone is 1. The van der Waals surface area contributed by atoms with E-state index in [0.29, 0.717) is 54.0 Å². The molecule has 10 heteroatoms. The van der Waals surface area contributed by atoms with E-state index in [1.165, 1.54) is 5.56 Å². The molecule has 2 aromatic heterocycles. The van der Waals surface area contributed by atoms with Gasteiger partial charge in [0.2, 0.25) is 17.7 Å². The van der Waals surface area contributed by atoms with Crippen molar-refractivity contribution >= 4 is 23.0 Å². The van der Waals surface area contributed by atoms with E-state index in [1.807, 2.05) is 56.3 Å². The molecular weight excluding hydrogens is 681 g/mol. The van der Waals surface area contributed by atoms with Crippen molar-refractivity contribution in [2.24, 2.45) is 11.8 Å². The summed E-state index contributed by atoms with van der Waals surface area (Å²) in [4.78, 5) is 38.2. The van der Waals surface area contributed by atoms with Crippen molar-refractivity contribution in [3.8, 4) is 17.3 Å². The molecule has 2 unspecified atom stereocenters. The number of anilines is 1. The van der Waals surface area contributed by atoms with Crippen LogP contribution >= 0.6 is 0 Å². The summed E-state index contributed by atoms with van der Waals surface area (Å²) in [6, 6.07) is 21.7. The molecule has 2 aliphatic carbocycles. The van der Waals surface area contributed by atoms with E-state index in [2.05, 4.69) is 41.0 Å². The number of para-hydroxylation sites is 1. The fourth-order valence-electron chi connectivity index (χ4n) is 9.42. The van der Waals surface area contributed by atoms with Gasteiger partial charge in [-0.2, -0.15) is 0 Å². The maximum absolute atomic E-state index is 14.4. The minimum Gasteiger partial charge on any atom is -0.469 e. The Balaban J connectivity index is 1.15. The van der Waals surface area contributed by atoms with Crippen LogP contribution < -0.4 is 15.4 Å². The van der Waals surface area contributed by atoms with Crippen molar-refractivity contribution in [1.82, 2.24) is 15.3 Å². The third-order valence-corrected chi connectivity index (χ3v) is 12.3. The highest BCUT2D eigenvalue weighted by atomic mass is 16.5. The quantitative estimate of drug-likeness (QED) is 0.163. The lowest BCUT2D eigenvalue weighted by Gasteiger charge is -2.32. The normalized spacial score (nSPS) is 24.6. The van der Waals surface area contributed by atoms with Crippen LogP contribution in [0.5, 0.6) is 5.75 Å². The molecule has 10 rings (SSSR count). The summed E-state index contributed by atoms with van der Waals surface area (Å²) in [6.45, 7) is 4.01. The number of benzene rings is 3. The minimum atomic E-state index is -1.40. The van der Waals surface area contributed by atoms with Gasteiger partial charge < -0.3 is 29.3 Å². The van der Waals surface area contributed by atoms with Gasteiger partial charge in [-0.3, -0.25) is 9.59 Å². The third kappa shape index (κ3) is 4.95. The Hall–Kier alpha value is -5.48. The van der Waals surface area contributed by atoms with Crippen LogP contribution in [-0.4, -0.2) is 38.6 Å². The summed E-state index contributed by atoms with van der Waals surface area (Å²) in [5, 5.41) is 18.2. The molecule has 4 atom stereocenters. The number of rotatable bonds is 6. The molecule has 0 radical (unpaired) electrons. The number of ketones is 1. The van der Waals surface area contributed by atoms with Gasteiger partial charge in [-0.1, -0.05) is 93.8 Å². The summed E-state index contributed by atoms with van der Waals surface area (Å²) < 4.78 is 20.4. The number of nitrogens with one attached hydrogen (secondary N) is 2. The van der Waals surface area contributed by atoms with Gasteiger partial charge in [0.25, 0.3) is 0 Å². The zero-order valence-electron chi connectivity index (χ0n) is 30.4. The Morgan fingerprint density at radius 1 is 0.981 bits per heavy atom. The second kappa shape index (κ2) is 12.3. The van der Waals surface area contributed by atoms with Crippen LogP contribution in [-0.2, 0) is 27.8 Å². The highest BCUT2D eigenvalue weighted by Gasteiger charge is 2.61. The van der Waals surface area contributed by atoms with E-state index in [0.717, 1.165) is 59.2 Å². The number of fused-ring (bicyclic) bond motifs is 5. The number of oxazole rings is 2. The van der Waals surface area contributed by atoms with Gasteiger partial charge in [0.15, 0.2) is 29.2 Å². The number of hydrogen-bond acceptors (Lipinski definition) is 9. The number of nitrogens with zero attached hydrogens (tertiary/aromatic N) is 2. The number of hydrogen-bond donors (Lipinski definition) is 3. The van der Waals surface area contributed by atoms with E-state index in [-0.39, 0.29) is 24.0 Å². The molecular formula is C44H42N4O6. The van der Waals surface area contributed by atoms with Crippen LogP contribution in [0.4, 0.5) is 5.69 Å². The fourth-order valence-corrected chi connectivity index (χ4v) is 9.42. The van der Waals surface area contributed by atoms with Gasteiger partial charge >= 0.3 is 0 Å². The van der Waals surface area contributed by atoms with Crippen molar-refractivity contribution in [2.45, 2.75) is 88.5 Å². The third-order valence-electron chi connectivity index (χ3n) is 12.3. The van der Waals surface area contributed by atoms with E-state index in [4.69, 9.17) is 23.5 Å². The second-order valence-electron chi connectivity index (χ2n) is 15.9. The van der Waals surface area contributed by atoms with Gasteiger partial charge in [-0.25, -0.2) is 9.97 Å². The van der Waals surface area contributed by atoms with Crippen molar-refractivity contribution in [3.05, 3.63) is 124 Å². The molecule has 3 N–H and O–H groups in total. The van der Waals surface area contributed by atoms with Crippen LogP contribution in [0.2, 0.25) is 0 Å². The average Bonchev–Trinajstić information content (AvgIpc) is 4.00. The number of aromatic nitrogens is 2. The number of ether oxygens (including phenoxy) is 1. The molecule has 5 aliphatic rings. The Bertz CT molecular complexity index is 2370. The number of carbonyl (C=O) groups is 2. The maximum atomic E-state index is 14.4. The first-order valence-electron chi connectivity index (χ1n) is 19.2. The van der Waals surface area contributed by atoms with Crippen LogP contribution in [0.3, 0.4) is 0 Å². The predicted octanol–water partition coefficient (Wildman–Crippen LogP) is 7.44. The average molecular weight is 723 g/mol. The summed E-state index contributed by atoms with van der Waals surface area (Å²) in [5.74, 6) is 1.02. The smallest absolute Gasteiger partial charge is 0.249 e. The molecule has 10 nitrogen and oxygen atoms in total. The number of amides is 1. The fraction of sp³-hybridized carbons (Fsp3) is 0.364. The van der Waals surface area contributed by atoms with Crippen LogP contribution in [0.25, 0.3) is 17.2 Å². The van der Waals surface area contributed by atoms with E-state index in [1.54, 1.807) is 6.20 Å². The lowest BCUT2D eigenvalue weighted by Crippen LogP contribution is -2.44. The molecule has 0 saturated heterocycles. The lowest BCUT2D eigenvalue weighted by molar-refractivity contribution is -0.144. The van der Waals surface area contributed by atoms with Crippen molar-refractivity contribution in [3.63, 3.8) is 0 Å². The monoisotopic (exact) mass is 722 g/mol. The van der Waals surface area contributed by atoms with Crippen LogP contribution in [0.15, 0.2) is 87.8 Å². The van der Waals surface area contributed by atoms with Crippen molar-refractivity contribution in [1.29, 1.82) is 0 Å². The first-order chi connectivity index (χ1) is 26.2. The van der Waals surface area contributed by atoms with Gasteiger partial charge in [0, 0.05) is 29.2 Å². The summed E-state index contributed by atoms with van der Waals surface area (Å²) in [7, 11) is 0. The number of carbonyl (C=O) groups excluding carboxylic acids is 2. The molecule has 3 aliphatic heterocycles. The van der Waals surface area contributed by atoms with Crippen molar-refractivity contribution < 1.29 is 28.3 Å². The topological polar surface area (TPSA) is 140 Å². The second-order valence-corrected chi connectivity index (χ2v) is 15.9. The molecule has 1 saturated carbocycles.